The minimum absolute atomic E-state index is 0.411. The monoisotopic (exact) mass is 227 g/mol. The Hall–Kier alpha value is -2.17. The molecule has 5 nitrogen and oxygen atoms in total. The van der Waals surface area contributed by atoms with E-state index in [0.717, 1.165) is 17.2 Å². The summed E-state index contributed by atoms with van der Waals surface area (Å²) in [6.45, 7) is 4.25. The van der Waals surface area contributed by atoms with Crippen molar-refractivity contribution in [2.75, 3.05) is 0 Å². The van der Waals surface area contributed by atoms with Gasteiger partial charge in [-0.3, -0.25) is 4.57 Å². The van der Waals surface area contributed by atoms with Gasteiger partial charge in [0.25, 0.3) is 0 Å². The Kier molecular flexibility index (Phi) is 2.18. The van der Waals surface area contributed by atoms with Gasteiger partial charge in [0.15, 0.2) is 11.5 Å². The van der Waals surface area contributed by atoms with Crippen LogP contribution in [0.15, 0.2) is 37.1 Å². The predicted molar refractivity (Wildman–Crippen MR) is 64.2 cm³/mol. The Morgan fingerprint density at radius 2 is 2.12 bits per heavy atom. The van der Waals surface area contributed by atoms with Crippen LogP contribution in [0.3, 0.4) is 0 Å². The lowest BCUT2D eigenvalue weighted by molar-refractivity contribution is 0.824. The van der Waals surface area contributed by atoms with Crippen LogP contribution >= 0.6 is 0 Å². The molecule has 3 aromatic heterocycles. The van der Waals surface area contributed by atoms with Crippen molar-refractivity contribution in [3.05, 3.63) is 42.7 Å². The Balaban J connectivity index is 2.13. The fourth-order valence-corrected chi connectivity index (χ4v) is 1.70. The summed E-state index contributed by atoms with van der Waals surface area (Å²) in [6, 6.07) is 3.91. The maximum absolute atomic E-state index is 4.51. The molecule has 0 N–H and O–H groups in total. The van der Waals surface area contributed by atoms with Crippen molar-refractivity contribution < 1.29 is 0 Å². The van der Waals surface area contributed by atoms with Crippen molar-refractivity contribution in [2.24, 2.45) is 0 Å². The summed E-state index contributed by atoms with van der Waals surface area (Å²) in [7, 11) is 0. The molecule has 0 amide bonds. The predicted octanol–water partition coefficient (Wildman–Crippen LogP) is 2.04. The zero-order valence-electron chi connectivity index (χ0n) is 9.78. The molecule has 5 heteroatoms. The molecule has 0 aromatic carbocycles. The summed E-state index contributed by atoms with van der Waals surface area (Å²) < 4.78 is 3.68. The molecule has 17 heavy (non-hydrogen) atoms. The zero-order valence-corrected chi connectivity index (χ0v) is 9.78. The molecular weight excluding hydrogens is 214 g/mol. The van der Waals surface area contributed by atoms with E-state index in [9.17, 15) is 0 Å². The van der Waals surface area contributed by atoms with Gasteiger partial charge in [0.2, 0.25) is 0 Å². The van der Waals surface area contributed by atoms with Crippen molar-refractivity contribution in [2.45, 2.75) is 19.8 Å². The van der Waals surface area contributed by atoms with E-state index in [1.807, 2.05) is 33.6 Å². The normalized spacial score (nSPS) is 11.5. The smallest absolute Gasteiger partial charge is 0.158 e. The van der Waals surface area contributed by atoms with Gasteiger partial charge in [0.1, 0.15) is 6.33 Å². The van der Waals surface area contributed by atoms with Crippen molar-refractivity contribution >= 4 is 5.65 Å². The van der Waals surface area contributed by atoms with Crippen LogP contribution in [-0.2, 0) is 0 Å². The molecule has 0 atom stereocenters. The fraction of sp³-hybridized carbons (Fsp3) is 0.250. The Bertz CT molecular complexity index is 636. The highest BCUT2D eigenvalue weighted by Crippen LogP contribution is 2.14. The fourth-order valence-electron chi connectivity index (χ4n) is 1.70. The van der Waals surface area contributed by atoms with Gasteiger partial charge in [0, 0.05) is 12.4 Å². The maximum Gasteiger partial charge on any atom is 0.158 e. The first-order chi connectivity index (χ1) is 8.24. The lowest BCUT2D eigenvalue weighted by atomic mass is 10.2. The number of hydrogen-bond donors (Lipinski definition) is 0. The summed E-state index contributed by atoms with van der Waals surface area (Å²) in [4.78, 5) is 8.52. The third-order valence-corrected chi connectivity index (χ3v) is 2.69. The molecule has 86 valence electrons. The summed E-state index contributed by atoms with van der Waals surface area (Å²) in [5.41, 5.74) is 1.93. The standard InChI is InChI=1S/C12H13N5/c1-9(2)10-7-17-11(14-10)3-4-12(15-17)16-6-5-13-8-16/h3-9H,1-2H3. The molecule has 3 heterocycles. The molecule has 0 aliphatic rings. The van der Waals surface area contributed by atoms with E-state index in [1.165, 1.54) is 0 Å². The molecule has 0 aliphatic heterocycles. The first-order valence-electron chi connectivity index (χ1n) is 5.59. The van der Waals surface area contributed by atoms with E-state index in [4.69, 9.17) is 0 Å². The van der Waals surface area contributed by atoms with Crippen LogP contribution in [0.25, 0.3) is 11.5 Å². The molecule has 3 aromatic rings. The van der Waals surface area contributed by atoms with E-state index >= 15 is 0 Å². The minimum atomic E-state index is 0.411. The molecular formula is C12H13N5. The first-order valence-corrected chi connectivity index (χ1v) is 5.59. The van der Waals surface area contributed by atoms with Gasteiger partial charge in [-0.2, -0.15) is 0 Å². The van der Waals surface area contributed by atoms with Gasteiger partial charge in [-0.1, -0.05) is 13.8 Å². The molecule has 0 aliphatic carbocycles. The second-order valence-corrected chi connectivity index (χ2v) is 4.28. The van der Waals surface area contributed by atoms with E-state index in [-0.39, 0.29) is 0 Å². The highest BCUT2D eigenvalue weighted by molar-refractivity contribution is 5.41. The third-order valence-electron chi connectivity index (χ3n) is 2.69. The molecule has 0 bridgehead atoms. The second kappa shape index (κ2) is 3.69. The largest absolute Gasteiger partial charge is 0.289 e. The lowest BCUT2D eigenvalue weighted by Gasteiger charge is -2.00. The third kappa shape index (κ3) is 1.69. The maximum atomic E-state index is 4.51. The highest BCUT2D eigenvalue weighted by atomic mass is 15.3. The van der Waals surface area contributed by atoms with Crippen LogP contribution in [0.1, 0.15) is 25.5 Å². The van der Waals surface area contributed by atoms with E-state index in [0.29, 0.717) is 5.92 Å². The number of aromatic nitrogens is 5. The van der Waals surface area contributed by atoms with Crippen LogP contribution in [-0.4, -0.2) is 24.1 Å². The van der Waals surface area contributed by atoms with Crippen molar-refractivity contribution in [3.63, 3.8) is 0 Å². The Morgan fingerprint density at radius 3 is 2.82 bits per heavy atom. The quantitative estimate of drug-likeness (QED) is 0.673. The van der Waals surface area contributed by atoms with Gasteiger partial charge in [-0.05, 0) is 18.1 Å². The van der Waals surface area contributed by atoms with Crippen molar-refractivity contribution in [1.29, 1.82) is 0 Å². The van der Waals surface area contributed by atoms with Crippen LogP contribution in [0.5, 0.6) is 0 Å². The second-order valence-electron chi connectivity index (χ2n) is 4.28. The molecule has 3 rings (SSSR count). The van der Waals surface area contributed by atoms with Crippen LogP contribution in [0, 0.1) is 0 Å². The zero-order chi connectivity index (χ0) is 11.8. The van der Waals surface area contributed by atoms with E-state index in [2.05, 4.69) is 28.9 Å². The van der Waals surface area contributed by atoms with Gasteiger partial charge in [0.05, 0.1) is 11.9 Å². The lowest BCUT2D eigenvalue weighted by Crippen LogP contribution is -1.99. The molecule has 0 unspecified atom stereocenters. The summed E-state index contributed by atoms with van der Waals surface area (Å²) in [5, 5.41) is 4.50. The number of nitrogens with zero attached hydrogens (tertiary/aromatic N) is 5. The summed E-state index contributed by atoms with van der Waals surface area (Å²) in [6.07, 6.45) is 7.31. The van der Waals surface area contributed by atoms with Crippen LogP contribution in [0.4, 0.5) is 0 Å². The Morgan fingerprint density at radius 1 is 1.24 bits per heavy atom. The minimum Gasteiger partial charge on any atom is -0.289 e. The Labute approximate surface area is 98.7 Å². The molecule has 0 saturated heterocycles. The summed E-state index contributed by atoms with van der Waals surface area (Å²) >= 11 is 0. The number of rotatable bonds is 2. The van der Waals surface area contributed by atoms with E-state index < -0.39 is 0 Å². The molecule has 0 radical (unpaired) electrons. The van der Waals surface area contributed by atoms with Gasteiger partial charge >= 0.3 is 0 Å². The van der Waals surface area contributed by atoms with Gasteiger partial charge < -0.3 is 0 Å². The average Bonchev–Trinajstić information content (AvgIpc) is 2.97. The molecule has 0 spiro atoms. The van der Waals surface area contributed by atoms with Crippen LogP contribution in [0.2, 0.25) is 0 Å². The van der Waals surface area contributed by atoms with Gasteiger partial charge in [-0.25, -0.2) is 14.5 Å². The highest BCUT2D eigenvalue weighted by Gasteiger charge is 2.07. The SMILES string of the molecule is CC(C)c1cn2nc(-n3ccnc3)ccc2n1. The van der Waals surface area contributed by atoms with E-state index in [1.54, 1.807) is 12.5 Å². The van der Waals surface area contributed by atoms with Crippen molar-refractivity contribution in [3.8, 4) is 5.82 Å². The number of imidazole rings is 2. The van der Waals surface area contributed by atoms with Crippen molar-refractivity contribution in [1.82, 2.24) is 24.1 Å². The number of fused-ring (bicyclic) bond motifs is 1. The molecule has 0 fully saturated rings. The van der Waals surface area contributed by atoms with Crippen LogP contribution < -0.4 is 0 Å². The topological polar surface area (TPSA) is 48.0 Å². The first kappa shape index (κ1) is 10.0. The summed E-state index contributed by atoms with van der Waals surface area (Å²) in [5.74, 6) is 1.25. The average molecular weight is 227 g/mol. The molecule has 0 saturated carbocycles. The number of hydrogen-bond acceptors (Lipinski definition) is 3. The van der Waals surface area contributed by atoms with Gasteiger partial charge in [-0.15, -0.1) is 5.10 Å².